The summed E-state index contributed by atoms with van der Waals surface area (Å²) in [6, 6.07) is 7.76. The van der Waals surface area contributed by atoms with Crippen molar-refractivity contribution in [3.8, 4) is 17.0 Å². The predicted molar refractivity (Wildman–Crippen MR) is 83.9 cm³/mol. The van der Waals surface area contributed by atoms with E-state index < -0.39 is 0 Å². The fourth-order valence-corrected chi connectivity index (χ4v) is 2.28. The van der Waals surface area contributed by atoms with Crippen LogP contribution in [0, 0.1) is 0 Å². The Morgan fingerprint density at radius 2 is 2.14 bits per heavy atom. The van der Waals surface area contributed by atoms with Crippen molar-refractivity contribution in [2.24, 2.45) is 0 Å². The summed E-state index contributed by atoms with van der Waals surface area (Å²) >= 11 is 0. The van der Waals surface area contributed by atoms with Gasteiger partial charge in [-0.05, 0) is 35.7 Å². The molecule has 2 rings (SSSR count). The van der Waals surface area contributed by atoms with E-state index in [1.54, 1.807) is 23.9 Å². The lowest BCUT2D eigenvalue weighted by Crippen LogP contribution is -2.02. The molecule has 0 fully saturated rings. The topological polar surface area (TPSA) is 44.1 Å². The number of carbonyl (C=O) groups excluding carboxylic acids is 1. The van der Waals surface area contributed by atoms with Crippen LogP contribution in [0.5, 0.6) is 5.75 Å². The number of benzene rings is 1. The summed E-state index contributed by atoms with van der Waals surface area (Å²) < 4.78 is 7.04. The number of hydrogen-bond donors (Lipinski definition) is 0. The average Bonchev–Trinajstić information content (AvgIpc) is 2.90. The average molecular weight is 284 g/mol. The zero-order chi connectivity index (χ0) is 15.4. The molecule has 4 nitrogen and oxygen atoms in total. The van der Waals surface area contributed by atoms with Crippen LogP contribution in [0.3, 0.4) is 0 Å². The number of rotatable bonds is 6. The molecule has 0 spiro atoms. The second-order valence-corrected chi connectivity index (χ2v) is 5.15. The minimum atomic E-state index is 0.348. The number of methoxy groups -OCH3 is 1. The molecule has 0 saturated carbocycles. The zero-order valence-corrected chi connectivity index (χ0v) is 12.7. The van der Waals surface area contributed by atoms with E-state index in [4.69, 9.17) is 4.74 Å². The SMILES string of the molecule is C=CCn1nc(-c2ccc(OC)c(C(C)C)c2)cc1C=O. The molecule has 0 amide bonds. The summed E-state index contributed by atoms with van der Waals surface area (Å²) in [5.41, 5.74) is 3.43. The second-order valence-electron chi connectivity index (χ2n) is 5.15. The number of hydrogen-bond acceptors (Lipinski definition) is 3. The van der Waals surface area contributed by atoms with Crippen molar-refractivity contribution in [3.05, 3.63) is 48.2 Å². The first kappa shape index (κ1) is 15.0. The number of nitrogens with zero attached hydrogens (tertiary/aromatic N) is 2. The largest absolute Gasteiger partial charge is 0.496 e. The summed E-state index contributed by atoms with van der Waals surface area (Å²) in [5.74, 6) is 1.22. The van der Waals surface area contributed by atoms with Crippen molar-refractivity contribution < 1.29 is 9.53 Å². The number of carbonyl (C=O) groups is 1. The molecular weight excluding hydrogens is 264 g/mol. The molecule has 0 aliphatic heterocycles. The molecule has 0 aliphatic carbocycles. The van der Waals surface area contributed by atoms with Crippen LogP contribution < -0.4 is 4.74 Å². The summed E-state index contributed by atoms with van der Waals surface area (Å²) in [6.07, 6.45) is 2.53. The molecule has 2 aromatic rings. The summed E-state index contributed by atoms with van der Waals surface area (Å²) in [4.78, 5) is 11.1. The molecule has 0 aliphatic rings. The van der Waals surface area contributed by atoms with E-state index in [0.717, 1.165) is 28.9 Å². The van der Waals surface area contributed by atoms with E-state index in [1.807, 2.05) is 12.1 Å². The fourth-order valence-electron chi connectivity index (χ4n) is 2.28. The van der Waals surface area contributed by atoms with Gasteiger partial charge in [0.25, 0.3) is 0 Å². The molecule has 0 N–H and O–H groups in total. The first-order valence-electron chi connectivity index (χ1n) is 6.93. The molecule has 0 saturated heterocycles. The van der Waals surface area contributed by atoms with Gasteiger partial charge in [-0.25, -0.2) is 0 Å². The van der Waals surface area contributed by atoms with Crippen LogP contribution in [0.1, 0.15) is 35.8 Å². The lowest BCUT2D eigenvalue weighted by molar-refractivity contribution is 0.111. The Morgan fingerprint density at radius 3 is 2.71 bits per heavy atom. The Kier molecular flexibility index (Phi) is 4.58. The maximum atomic E-state index is 11.1. The predicted octanol–water partition coefficient (Wildman–Crippen LogP) is 3.68. The van der Waals surface area contributed by atoms with E-state index in [1.165, 1.54) is 0 Å². The Hall–Kier alpha value is -2.36. The molecule has 1 aromatic carbocycles. The van der Waals surface area contributed by atoms with Gasteiger partial charge in [0.1, 0.15) is 11.4 Å². The van der Waals surface area contributed by atoms with E-state index in [-0.39, 0.29) is 0 Å². The summed E-state index contributed by atoms with van der Waals surface area (Å²) in [6.45, 7) is 8.43. The van der Waals surface area contributed by atoms with Gasteiger partial charge < -0.3 is 4.74 Å². The maximum absolute atomic E-state index is 11.1. The highest BCUT2D eigenvalue weighted by molar-refractivity contribution is 5.76. The standard InChI is InChI=1S/C17H20N2O2/c1-5-8-19-14(11-20)10-16(18-19)13-6-7-17(21-4)15(9-13)12(2)3/h5-7,9-12H,1,8H2,2-4H3. The summed E-state index contributed by atoms with van der Waals surface area (Å²) in [7, 11) is 1.67. The zero-order valence-electron chi connectivity index (χ0n) is 12.7. The molecule has 0 atom stereocenters. The highest BCUT2D eigenvalue weighted by Crippen LogP contribution is 2.31. The molecule has 110 valence electrons. The van der Waals surface area contributed by atoms with Crippen LogP contribution in [0.4, 0.5) is 0 Å². The van der Waals surface area contributed by atoms with Gasteiger partial charge in [-0.15, -0.1) is 6.58 Å². The van der Waals surface area contributed by atoms with Crippen molar-refractivity contribution in [2.75, 3.05) is 7.11 Å². The smallest absolute Gasteiger partial charge is 0.168 e. The van der Waals surface area contributed by atoms with Crippen molar-refractivity contribution in [1.82, 2.24) is 9.78 Å². The Morgan fingerprint density at radius 1 is 1.38 bits per heavy atom. The van der Waals surface area contributed by atoms with Gasteiger partial charge >= 0.3 is 0 Å². The van der Waals surface area contributed by atoms with Crippen LogP contribution in [0.25, 0.3) is 11.3 Å². The van der Waals surface area contributed by atoms with Gasteiger partial charge in [-0.3, -0.25) is 9.48 Å². The van der Waals surface area contributed by atoms with Crippen LogP contribution in [0.2, 0.25) is 0 Å². The van der Waals surface area contributed by atoms with Crippen molar-refractivity contribution in [2.45, 2.75) is 26.3 Å². The molecule has 4 heteroatoms. The van der Waals surface area contributed by atoms with Gasteiger partial charge in [0.2, 0.25) is 0 Å². The van der Waals surface area contributed by atoms with Crippen LogP contribution >= 0.6 is 0 Å². The molecule has 1 aromatic heterocycles. The van der Waals surface area contributed by atoms with Gasteiger partial charge in [-0.1, -0.05) is 19.9 Å². The first-order chi connectivity index (χ1) is 10.1. The quantitative estimate of drug-likeness (QED) is 0.600. The number of allylic oxidation sites excluding steroid dienone is 1. The molecule has 1 heterocycles. The normalized spacial score (nSPS) is 10.7. The fraction of sp³-hybridized carbons (Fsp3) is 0.294. The molecule has 21 heavy (non-hydrogen) atoms. The third-order valence-electron chi connectivity index (χ3n) is 3.38. The highest BCUT2D eigenvalue weighted by Gasteiger charge is 2.12. The minimum Gasteiger partial charge on any atom is -0.496 e. The van der Waals surface area contributed by atoms with Crippen molar-refractivity contribution >= 4 is 6.29 Å². The number of ether oxygens (including phenoxy) is 1. The Balaban J connectivity index is 2.49. The van der Waals surface area contributed by atoms with Gasteiger partial charge in [0.05, 0.1) is 19.3 Å². The molecule has 0 unspecified atom stereocenters. The number of aldehydes is 1. The van der Waals surface area contributed by atoms with E-state index in [0.29, 0.717) is 18.2 Å². The van der Waals surface area contributed by atoms with E-state index in [9.17, 15) is 4.79 Å². The highest BCUT2D eigenvalue weighted by atomic mass is 16.5. The molecule has 0 bridgehead atoms. The van der Waals surface area contributed by atoms with Crippen molar-refractivity contribution in [1.29, 1.82) is 0 Å². The van der Waals surface area contributed by atoms with Crippen molar-refractivity contribution in [3.63, 3.8) is 0 Å². The lowest BCUT2D eigenvalue weighted by Gasteiger charge is -2.12. The lowest BCUT2D eigenvalue weighted by atomic mass is 9.98. The minimum absolute atomic E-state index is 0.348. The van der Waals surface area contributed by atoms with Gasteiger partial charge in [-0.2, -0.15) is 5.10 Å². The van der Waals surface area contributed by atoms with Gasteiger partial charge in [0.15, 0.2) is 6.29 Å². The Bertz CT molecular complexity index is 657. The van der Waals surface area contributed by atoms with E-state index >= 15 is 0 Å². The third kappa shape index (κ3) is 3.05. The van der Waals surface area contributed by atoms with Crippen LogP contribution in [0.15, 0.2) is 36.9 Å². The number of aromatic nitrogens is 2. The van der Waals surface area contributed by atoms with Gasteiger partial charge in [0, 0.05) is 5.56 Å². The molecule has 0 radical (unpaired) electrons. The monoisotopic (exact) mass is 284 g/mol. The third-order valence-corrected chi connectivity index (χ3v) is 3.38. The first-order valence-corrected chi connectivity index (χ1v) is 6.93. The Labute approximate surface area is 125 Å². The molecular formula is C17H20N2O2. The maximum Gasteiger partial charge on any atom is 0.168 e. The van der Waals surface area contributed by atoms with Crippen LogP contribution in [-0.4, -0.2) is 23.2 Å². The van der Waals surface area contributed by atoms with E-state index in [2.05, 4.69) is 31.6 Å². The van der Waals surface area contributed by atoms with Crippen LogP contribution in [-0.2, 0) is 6.54 Å². The summed E-state index contributed by atoms with van der Waals surface area (Å²) in [5, 5.41) is 4.47. The second kappa shape index (κ2) is 6.39.